The van der Waals surface area contributed by atoms with Gasteiger partial charge in [-0.25, -0.2) is 0 Å². The van der Waals surface area contributed by atoms with E-state index in [1.807, 2.05) is 6.92 Å². The van der Waals surface area contributed by atoms with E-state index in [-0.39, 0.29) is 0 Å². The molecule has 0 rings (SSSR count). The Balaban J connectivity index is 2.49. The number of nitrogens with one attached hydrogen (secondary N) is 1. The highest BCUT2D eigenvalue weighted by atomic mass is 16.6. The molecule has 0 saturated carbocycles. The molecule has 0 aliphatic heterocycles. The van der Waals surface area contributed by atoms with Crippen LogP contribution in [0.4, 0.5) is 0 Å². The van der Waals surface area contributed by atoms with Crippen LogP contribution in [0.5, 0.6) is 0 Å². The highest BCUT2D eigenvalue weighted by Crippen LogP contribution is 1.59. The maximum Gasteiger partial charge on any atom is 0.0717 e. The van der Waals surface area contributed by atoms with Crippen LogP contribution < -0.4 is 5.48 Å². The lowest BCUT2D eigenvalue weighted by atomic mass is 10.9. The predicted octanol–water partition coefficient (Wildman–Crippen LogP) is 0.671. The van der Waals surface area contributed by atoms with Crippen LogP contribution in [-0.2, 0) is 4.84 Å². The van der Waals surface area contributed by atoms with E-state index in [4.69, 9.17) is 0 Å². The van der Waals surface area contributed by atoms with Crippen LogP contribution in [0, 0.1) is 0 Å². The second-order valence-electron chi connectivity index (χ2n) is 0.755. The maximum atomic E-state index is 4.61. The van der Waals surface area contributed by atoms with Crippen molar-refractivity contribution in [2.45, 2.75) is 6.92 Å². The molecule has 0 unspecified atom stereocenters. The SMILES string of the molecule is C=CNOCC. The minimum atomic E-state index is 0.673. The van der Waals surface area contributed by atoms with Gasteiger partial charge in [-0.05, 0) is 6.92 Å². The third kappa shape index (κ3) is 3.50. The van der Waals surface area contributed by atoms with Gasteiger partial charge in [-0.3, -0.25) is 10.3 Å². The molecule has 2 heteroatoms. The van der Waals surface area contributed by atoms with Gasteiger partial charge < -0.3 is 0 Å². The zero-order valence-corrected chi connectivity index (χ0v) is 3.90. The van der Waals surface area contributed by atoms with Crippen molar-refractivity contribution in [2.24, 2.45) is 0 Å². The molecular weight excluding hydrogens is 78.0 g/mol. The van der Waals surface area contributed by atoms with Crippen LogP contribution >= 0.6 is 0 Å². The highest BCUT2D eigenvalue weighted by Gasteiger charge is 1.63. The molecule has 0 saturated heterocycles. The molecule has 0 aromatic heterocycles. The van der Waals surface area contributed by atoms with E-state index < -0.39 is 0 Å². The Morgan fingerprint density at radius 2 is 2.67 bits per heavy atom. The lowest BCUT2D eigenvalue weighted by molar-refractivity contribution is 0.0828. The van der Waals surface area contributed by atoms with Gasteiger partial charge in [0.05, 0.1) is 6.61 Å². The Morgan fingerprint density at radius 3 is 2.83 bits per heavy atom. The van der Waals surface area contributed by atoms with Gasteiger partial charge >= 0.3 is 0 Å². The summed E-state index contributed by atoms with van der Waals surface area (Å²) in [4.78, 5) is 4.61. The molecule has 0 spiro atoms. The summed E-state index contributed by atoms with van der Waals surface area (Å²) in [5.41, 5.74) is 2.46. The fourth-order valence-corrected chi connectivity index (χ4v) is 0.142. The second-order valence-corrected chi connectivity index (χ2v) is 0.755. The van der Waals surface area contributed by atoms with Crippen LogP contribution in [0.25, 0.3) is 0 Å². The van der Waals surface area contributed by atoms with E-state index in [0.717, 1.165) is 0 Å². The van der Waals surface area contributed by atoms with Crippen LogP contribution in [0.15, 0.2) is 12.8 Å². The molecule has 0 aromatic carbocycles. The fraction of sp³-hybridized carbons (Fsp3) is 0.500. The molecule has 0 aliphatic carbocycles. The fourth-order valence-electron chi connectivity index (χ4n) is 0.142. The molecule has 1 N–H and O–H groups in total. The van der Waals surface area contributed by atoms with Crippen LogP contribution in [0.2, 0.25) is 0 Å². The smallest absolute Gasteiger partial charge is 0.0717 e. The van der Waals surface area contributed by atoms with Crippen molar-refractivity contribution in [1.82, 2.24) is 5.48 Å². The first kappa shape index (κ1) is 5.50. The Kier molecular flexibility index (Phi) is 4.12. The van der Waals surface area contributed by atoms with Crippen molar-refractivity contribution < 1.29 is 4.84 Å². The summed E-state index contributed by atoms with van der Waals surface area (Å²) in [7, 11) is 0. The molecule has 0 bridgehead atoms. The number of hydroxylamine groups is 1. The average molecular weight is 87.1 g/mol. The summed E-state index contributed by atoms with van der Waals surface area (Å²) in [6, 6.07) is 0. The van der Waals surface area contributed by atoms with Gasteiger partial charge in [0.25, 0.3) is 0 Å². The minimum absolute atomic E-state index is 0.673. The minimum Gasteiger partial charge on any atom is -0.277 e. The molecule has 0 fully saturated rings. The van der Waals surface area contributed by atoms with E-state index in [2.05, 4.69) is 16.9 Å². The molecule has 0 amide bonds. The largest absolute Gasteiger partial charge is 0.277 e. The number of rotatable bonds is 3. The topological polar surface area (TPSA) is 21.3 Å². The van der Waals surface area contributed by atoms with Gasteiger partial charge in [-0.1, -0.05) is 6.58 Å². The summed E-state index contributed by atoms with van der Waals surface area (Å²) < 4.78 is 0. The maximum absolute atomic E-state index is 4.61. The van der Waals surface area contributed by atoms with Crippen molar-refractivity contribution >= 4 is 0 Å². The van der Waals surface area contributed by atoms with E-state index in [0.29, 0.717) is 6.61 Å². The van der Waals surface area contributed by atoms with Crippen molar-refractivity contribution in [3.63, 3.8) is 0 Å². The van der Waals surface area contributed by atoms with Gasteiger partial charge in [0.2, 0.25) is 0 Å². The molecule has 0 radical (unpaired) electrons. The summed E-state index contributed by atoms with van der Waals surface area (Å²) in [5, 5.41) is 0. The van der Waals surface area contributed by atoms with Crippen LogP contribution in [0.1, 0.15) is 6.92 Å². The molecule has 0 aromatic rings. The zero-order valence-electron chi connectivity index (χ0n) is 3.90. The molecule has 0 heterocycles. The monoisotopic (exact) mass is 87.1 g/mol. The quantitative estimate of drug-likeness (QED) is 0.403. The first-order chi connectivity index (χ1) is 2.91. The standard InChI is InChI=1S/C4H9NO/c1-3-5-6-4-2/h3,5H,1,4H2,2H3. The highest BCUT2D eigenvalue weighted by molar-refractivity contribution is 4.52. The third-order valence-corrected chi connectivity index (χ3v) is 0.311. The summed E-state index contributed by atoms with van der Waals surface area (Å²) >= 11 is 0. The van der Waals surface area contributed by atoms with Crippen LogP contribution in [0.3, 0.4) is 0 Å². The lowest BCUT2D eigenvalue weighted by Gasteiger charge is -1.92. The molecule has 0 atom stereocenters. The number of hydrogen-bond donors (Lipinski definition) is 1. The first-order valence-corrected chi connectivity index (χ1v) is 1.90. The Labute approximate surface area is 37.8 Å². The normalized spacial score (nSPS) is 7.50. The van der Waals surface area contributed by atoms with E-state index in [9.17, 15) is 0 Å². The second kappa shape index (κ2) is 4.50. The molecule has 2 nitrogen and oxygen atoms in total. The summed E-state index contributed by atoms with van der Waals surface area (Å²) in [5.74, 6) is 0. The molecular formula is C4H9NO. The Bertz CT molecular complexity index is 36.5. The van der Waals surface area contributed by atoms with Gasteiger partial charge in [-0.15, -0.1) is 0 Å². The van der Waals surface area contributed by atoms with Gasteiger partial charge in [0.1, 0.15) is 0 Å². The first-order valence-electron chi connectivity index (χ1n) is 1.90. The summed E-state index contributed by atoms with van der Waals surface area (Å²) in [6.07, 6.45) is 1.49. The number of hydrogen-bond acceptors (Lipinski definition) is 2. The van der Waals surface area contributed by atoms with Crippen LogP contribution in [-0.4, -0.2) is 6.61 Å². The molecule has 6 heavy (non-hydrogen) atoms. The van der Waals surface area contributed by atoms with Crippen molar-refractivity contribution in [3.05, 3.63) is 12.8 Å². The molecule has 0 aliphatic rings. The zero-order chi connectivity index (χ0) is 4.83. The van der Waals surface area contributed by atoms with Crippen molar-refractivity contribution in [1.29, 1.82) is 0 Å². The van der Waals surface area contributed by atoms with E-state index in [1.165, 1.54) is 6.20 Å². The van der Waals surface area contributed by atoms with Gasteiger partial charge in [-0.2, -0.15) is 0 Å². The summed E-state index contributed by atoms with van der Waals surface area (Å²) in [6.45, 7) is 5.93. The average Bonchev–Trinajstić information content (AvgIpc) is 1.61. The van der Waals surface area contributed by atoms with Gasteiger partial charge in [0.15, 0.2) is 0 Å². The van der Waals surface area contributed by atoms with E-state index >= 15 is 0 Å². The Morgan fingerprint density at radius 1 is 2.00 bits per heavy atom. The Hall–Kier alpha value is -0.500. The third-order valence-electron chi connectivity index (χ3n) is 0.311. The predicted molar refractivity (Wildman–Crippen MR) is 25.0 cm³/mol. The van der Waals surface area contributed by atoms with Crippen molar-refractivity contribution in [2.75, 3.05) is 6.61 Å². The van der Waals surface area contributed by atoms with Gasteiger partial charge in [0, 0.05) is 6.20 Å². The van der Waals surface area contributed by atoms with Crippen molar-refractivity contribution in [3.8, 4) is 0 Å². The molecule has 36 valence electrons. The van der Waals surface area contributed by atoms with E-state index in [1.54, 1.807) is 0 Å². The lowest BCUT2D eigenvalue weighted by Crippen LogP contribution is -2.03.